The third-order valence-electron chi connectivity index (χ3n) is 3.88. The zero-order chi connectivity index (χ0) is 18.9. The number of aryl methyl sites for hydroxylation is 1. The van der Waals surface area contributed by atoms with Crippen molar-refractivity contribution in [2.24, 2.45) is 0 Å². The molecule has 4 nitrogen and oxygen atoms in total. The molecule has 3 aromatic rings. The highest BCUT2D eigenvalue weighted by Crippen LogP contribution is 2.33. The van der Waals surface area contributed by atoms with Crippen molar-refractivity contribution in [3.8, 4) is 17.0 Å². The Morgan fingerprint density at radius 1 is 1.04 bits per heavy atom. The van der Waals surface area contributed by atoms with Gasteiger partial charge in [0.25, 0.3) is 0 Å². The average molecular weight is 383 g/mol. The lowest BCUT2D eigenvalue weighted by Gasteiger charge is -2.11. The zero-order valence-corrected chi connectivity index (χ0v) is 14.6. The van der Waals surface area contributed by atoms with E-state index in [2.05, 4.69) is 4.18 Å². The van der Waals surface area contributed by atoms with E-state index in [0.29, 0.717) is 5.39 Å². The molecule has 0 N–H and O–H groups in total. The van der Waals surface area contributed by atoms with Crippen molar-refractivity contribution in [2.45, 2.75) is 25.4 Å². The summed E-state index contributed by atoms with van der Waals surface area (Å²) in [5.41, 5.74) is -2.81. The molecule has 0 aliphatic heterocycles. The molecule has 0 radical (unpaired) electrons. The van der Waals surface area contributed by atoms with Gasteiger partial charge in [0.1, 0.15) is 5.75 Å². The lowest BCUT2D eigenvalue weighted by atomic mass is 10.1. The van der Waals surface area contributed by atoms with Crippen LogP contribution in [0.5, 0.6) is 5.75 Å². The summed E-state index contributed by atoms with van der Waals surface area (Å²) in [6, 6.07) is 15.5. The van der Waals surface area contributed by atoms with E-state index in [9.17, 15) is 21.6 Å². The first kappa shape index (κ1) is 18.3. The SMILES string of the molecule is CCCn1c(-c2ccccc2)cc2cc(OS(=O)(=O)C(F)(F)F)ccc21. The quantitative estimate of drug-likeness (QED) is 0.463. The van der Waals surface area contributed by atoms with Gasteiger partial charge in [-0.05, 0) is 36.2 Å². The molecule has 0 aliphatic carbocycles. The van der Waals surface area contributed by atoms with E-state index in [1.54, 1.807) is 6.07 Å². The highest BCUT2D eigenvalue weighted by Gasteiger charge is 2.48. The second-order valence-corrected chi connectivity index (χ2v) is 7.29. The van der Waals surface area contributed by atoms with Crippen molar-refractivity contribution in [1.29, 1.82) is 0 Å². The number of alkyl halides is 3. The number of hydrogen-bond acceptors (Lipinski definition) is 3. The van der Waals surface area contributed by atoms with Gasteiger partial charge in [0.2, 0.25) is 0 Å². The largest absolute Gasteiger partial charge is 0.534 e. The molecular formula is C18H16F3NO3S. The summed E-state index contributed by atoms with van der Waals surface area (Å²) in [4.78, 5) is 0. The van der Waals surface area contributed by atoms with Crippen LogP contribution >= 0.6 is 0 Å². The standard InChI is InChI=1S/C18H16F3NO3S/c1-2-10-22-16-9-8-15(25-26(23,24)18(19,20)21)11-14(16)12-17(22)13-6-4-3-5-7-13/h3-9,11-12H,2,10H2,1H3. The molecule has 1 heterocycles. The van der Waals surface area contributed by atoms with Crippen molar-refractivity contribution < 1.29 is 25.8 Å². The van der Waals surface area contributed by atoms with Crippen LogP contribution in [0.2, 0.25) is 0 Å². The van der Waals surface area contributed by atoms with E-state index in [4.69, 9.17) is 0 Å². The second kappa shape index (κ2) is 6.68. The maximum atomic E-state index is 12.5. The second-order valence-electron chi connectivity index (χ2n) is 5.75. The molecule has 0 spiro atoms. The molecule has 0 fully saturated rings. The molecule has 138 valence electrons. The van der Waals surface area contributed by atoms with Crippen molar-refractivity contribution in [2.75, 3.05) is 0 Å². The molecule has 8 heteroatoms. The molecule has 26 heavy (non-hydrogen) atoms. The van der Waals surface area contributed by atoms with Gasteiger partial charge in [0.05, 0.1) is 0 Å². The van der Waals surface area contributed by atoms with Gasteiger partial charge in [-0.1, -0.05) is 37.3 Å². The summed E-state index contributed by atoms with van der Waals surface area (Å²) in [5.74, 6) is -0.372. The first-order valence-corrected chi connectivity index (χ1v) is 9.33. The maximum Gasteiger partial charge on any atom is 0.534 e. The molecule has 0 saturated carbocycles. The fourth-order valence-corrected chi connectivity index (χ4v) is 3.24. The number of hydrogen-bond donors (Lipinski definition) is 0. The predicted octanol–water partition coefficient (Wildman–Crippen LogP) is 4.95. The monoisotopic (exact) mass is 383 g/mol. The van der Waals surface area contributed by atoms with Crippen LogP contribution in [0.15, 0.2) is 54.6 Å². The van der Waals surface area contributed by atoms with Crippen LogP contribution in [0.25, 0.3) is 22.2 Å². The van der Waals surface area contributed by atoms with Crippen molar-refractivity contribution in [3.63, 3.8) is 0 Å². The molecule has 1 aromatic heterocycles. The molecule has 2 aromatic carbocycles. The van der Waals surface area contributed by atoms with Gasteiger partial charge in [-0.3, -0.25) is 0 Å². The minimum atomic E-state index is -5.69. The summed E-state index contributed by atoms with van der Waals surface area (Å²) in [7, 11) is -5.69. The smallest absolute Gasteiger partial charge is 0.376 e. The van der Waals surface area contributed by atoms with Gasteiger partial charge in [-0.15, -0.1) is 0 Å². The highest BCUT2D eigenvalue weighted by molar-refractivity contribution is 7.88. The molecule has 0 bridgehead atoms. The van der Waals surface area contributed by atoms with Gasteiger partial charge in [0, 0.05) is 23.1 Å². The minimum absolute atomic E-state index is 0.372. The molecule has 0 saturated heterocycles. The molecule has 0 unspecified atom stereocenters. The summed E-state index contributed by atoms with van der Waals surface area (Å²) in [5, 5.41) is 0.604. The molecule has 0 amide bonds. The van der Waals surface area contributed by atoms with Gasteiger partial charge in [0.15, 0.2) is 0 Å². The van der Waals surface area contributed by atoms with Crippen molar-refractivity contribution in [3.05, 3.63) is 54.6 Å². The zero-order valence-electron chi connectivity index (χ0n) is 13.8. The number of halogens is 3. The fourth-order valence-electron chi connectivity index (χ4n) is 2.79. The highest BCUT2D eigenvalue weighted by atomic mass is 32.2. The number of benzene rings is 2. The molecular weight excluding hydrogens is 367 g/mol. The number of rotatable bonds is 5. The van der Waals surface area contributed by atoms with E-state index in [0.717, 1.165) is 29.7 Å². The Kier molecular flexibility index (Phi) is 4.70. The van der Waals surface area contributed by atoms with E-state index in [1.807, 2.05) is 47.9 Å². The maximum absolute atomic E-state index is 12.5. The lowest BCUT2D eigenvalue weighted by molar-refractivity contribution is -0.0500. The van der Waals surface area contributed by atoms with E-state index in [-0.39, 0.29) is 5.75 Å². The van der Waals surface area contributed by atoms with Gasteiger partial charge >= 0.3 is 15.6 Å². The van der Waals surface area contributed by atoms with Crippen LogP contribution in [0.1, 0.15) is 13.3 Å². The Hall–Kier alpha value is -2.48. The van der Waals surface area contributed by atoms with Crippen LogP contribution in [0.4, 0.5) is 13.2 Å². The third kappa shape index (κ3) is 3.41. The molecule has 3 rings (SSSR count). The van der Waals surface area contributed by atoms with Gasteiger partial charge < -0.3 is 8.75 Å². The Morgan fingerprint density at radius 2 is 1.73 bits per heavy atom. The Morgan fingerprint density at radius 3 is 2.35 bits per heavy atom. The first-order valence-electron chi connectivity index (χ1n) is 7.92. The summed E-state index contributed by atoms with van der Waals surface area (Å²) in [6.07, 6.45) is 0.865. The molecule has 0 aliphatic rings. The minimum Gasteiger partial charge on any atom is -0.376 e. The average Bonchev–Trinajstić information content (AvgIpc) is 2.92. The van der Waals surface area contributed by atoms with Crippen LogP contribution in [0, 0.1) is 0 Å². The number of fused-ring (bicyclic) bond motifs is 1. The van der Waals surface area contributed by atoms with Crippen LogP contribution in [-0.2, 0) is 16.7 Å². The van der Waals surface area contributed by atoms with Crippen molar-refractivity contribution >= 4 is 21.0 Å². The van der Waals surface area contributed by atoms with E-state index in [1.165, 1.54) is 12.1 Å². The topological polar surface area (TPSA) is 48.3 Å². The first-order chi connectivity index (χ1) is 12.2. The molecule has 0 atom stereocenters. The Bertz CT molecular complexity index is 1030. The Balaban J connectivity index is 2.08. The van der Waals surface area contributed by atoms with Crippen LogP contribution < -0.4 is 4.18 Å². The lowest BCUT2D eigenvalue weighted by Crippen LogP contribution is -2.28. The summed E-state index contributed by atoms with van der Waals surface area (Å²) in [6.45, 7) is 2.74. The number of aromatic nitrogens is 1. The van der Waals surface area contributed by atoms with Crippen LogP contribution in [0.3, 0.4) is 0 Å². The van der Waals surface area contributed by atoms with Gasteiger partial charge in [-0.25, -0.2) is 0 Å². The van der Waals surface area contributed by atoms with E-state index >= 15 is 0 Å². The fraction of sp³-hybridized carbons (Fsp3) is 0.222. The van der Waals surface area contributed by atoms with Gasteiger partial charge in [-0.2, -0.15) is 21.6 Å². The Labute approximate surface area is 148 Å². The third-order valence-corrected chi connectivity index (χ3v) is 4.86. The predicted molar refractivity (Wildman–Crippen MR) is 93.3 cm³/mol. The normalized spacial score (nSPS) is 12.5. The van der Waals surface area contributed by atoms with Crippen molar-refractivity contribution in [1.82, 2.24) is 4.57 Å². The summed E-state index contributed by atoms with van der Waals surface area (Å²) >= 11 is 0. The number of nitrogens with zero attached hydrogens (tertiary/aromatic N) is 1. The van der Waals surface area contributed by atoms with Crippen LogP contribution in [-0.4, -0.2) is 18.5 Å². The summed E-state index contributed by atoms with van der Waals surface area (Å²) < 4.78 is 66.2. The van der Waals surface area contributed by atoms with E-state index < -0.39 is 15.6 Å².